The molecular formula is C38H43ClF3N3O6S2. The minimum atomic E-state index is -4.92. The number of aliphatic hydroxyl groups excluding tert-OH is 1. The molecule has 3 atom stereocenters. The minimum absolute atomic E-state index is 0.000233. The Hall–Kier alpha value is -3.95. The highest BCUT2D eigenvalue weighted by Crippen LogP contribution is 2.44. The number of anilines is 1. The highest BCUT2D eigenvalue weighted by Gasteiger charge is 2.46. The van der Waals surface area contributed by atoms with Crippen LogP contribution in [-0.4, -0.2) is 62.2 Å². The molecule has 1 heterocycles. The largest absolute Gasteiger partial charge is 0.453 e. The molecule has 0 aliphatic heterocycles. The van der Waals surface area contributed by atoms with E-state index in [4.69, 9.17) is 22.1 Å². The van der Waals surface area contributed by atoms with Crippen molar-refractivity contribution in [1.82, 2.24) is 9.62 Å². The normalized spacial score (nSPS) is 14.2. The second-order valence-electron chi connectivity index (χ2n) is 13.7. The van der Waals surface area contributed by atoms with Crippen LogP contribution in [0.2, 0.25) is 5.02 Å². The number of hydrogen-bond donors (Lipinski definition) is 3. The van der Waals surface area contributed by atoms with Gasteiger partial charge in [-0.05, 0) is 53.3 Å². The van der Waals surface area contributed by atoms with Crippen LogP contribution in [0.15, 0.2) is 95.9 Å². The van der Waals surface area contributed by atoms with Gasteiger partial charge in [0.25, 0.3) is 0 Å². The van der Waals surface area contributed by atoms with Gasteiger partial charge in [0.05, 0.1) is 41.3 Å². The first-order valence-electron chi connectivity index (χ1n) is 16.7. The van der Waals surface area contributed by atoms with Gasteiger partial charge < -0.3 is 20.9 Å². The SMILES string of the molecule is COC(=O)N[C@H](C(=O)C[C@H](c1ccc([C@@H](CO)N(CCC(C)(C)C)S(=O)(=O)c2ccc(N)c(Cl)c2)s1)C(F)(F)F)C(c1ccccc1)c1ccccc1. The van der Waals surface area contributed by atoms with Crippen LogP contribution >= 0.6 is 22.9 Å². The number of benzene rings is 3. The molecule has 0 radical (unpaired) electrons. The molecule has 0 bridgehead atoms. The summed E-state index contributed by atoms with van der Waals surface area (Å²) >= 11 is 6.81. The topological polar surface area (TPSA) is 139 Å². The van der Waals surface area contributed by atoms with Crippen molar-refractivity contribution in [1.29, 1.82) is 0 Å². The summed E-state index contributed by atoms with van der Waals surface area (Å²) in [5.41, 5.74) is 6.78. The Balaban J connectivity index is 1.75. The number of nitrogens with two attached hydrogens (primary N) is 1. The number of ketones is 1. The fourth-order valence-corrected chi connectivity index (χ4v) is 9.07. The van der Waals surface area contributed by atoms with Crippen LogP contribution in [-0.2, 0) is 19.6 Å². The minimum Gasteiger partial charge on any atom is -0.453 e. The van der Waals surface area contributed by atoms with Crippen molar-refractivity contribution in [3.05, 3.63) is 117 Å². The molecule has 4 N–H and O–H groups in total. The predicted octanol–water partition coefficient (Wildman–Crippen LogP) is 8.31. The molecule has 1 amide bonds. The van der Waals surface area contributed by atoms with E-state index in [0.29, 0.717) is 28.9 Å². The second kappa shape index (κ2) is 17.5. The Morgan fingerprint density at radius 3 is 2.00 bits per heavy atom. The summed E-state index contributed by atoms with van der Waals surface area (Å²) in [6.07, 6.45) is -6.61. The van der Waals surface area contributed by atoms with Gasteiger partial charge in [0.2, 0.25) is 10.0 Å². The van der Waals surface area contributed by atoms with E-state index in [1.807, 2.05) is 20.8 Å². The molecular weight excluding hydrogens is 751 g/mol. The van der Waals surface area contributed by atoms with Gasteiger partial charge in [0.1, 0.15) is 6.04 Å². The number of ether oxygens (including phenoxy) is 1. The molecule has 1 aromatic heterocycles. The zero-order valence-electron chi connectivity index (χ0n) is 29.6. The Labute approximate surface area is 317 Å². The number of alkyl carbamates (subject to hydrolysis) is 1. The molecule has 4 aromatic rings. The second-order valence-corrected chi connectivity index (χ2v) is 17.2. The molecule has 0 spiro atoms. The number of carbonyl (C=O) groups excluding carboxylic acids is 2. The molecule has 286 valence electrons. The average molecular weight is 794 g/mol. The quantitative estimate of drug-likeness (QED) is 0.103. The van der Waals surface area contributed by atoms with Gasteiger partial charge in [-0.3, -0.25) is 4.79 Å². The van der Waals surface area contributed by atoms with Crippen molar-refractivity contribution < 1.29 is 41.0 Å². The summed E-state index contributed by atoms with van der Waals surface area (Å²) in [5, 5.41) is 13.1. The van der Waals surface area contributed by atoms with Gasteiger partial charge in [-0.15, -0.1) is 11.3 Å². The smallest absolute Gasteiger partial charge is 0.407 e. The third kappa shape index (κ3) is 10.6. The summed E-state index contributed by atoms with van der Waals surface area (Å²) in [5.74, 6) is -4.09. The van der Waals surface area contributed by atoms with Gasteiger partial charge in [0, 0.05) is 28.6 Å². The molecule has 0 unspecified atom stereocenters. The standard InChI is InChI=1S/C38H43ClF3N3O6S2/c1-37(2,3)19-20-45(53(49,50)26-15-16-29(43)28(39)21-26)30(23-46)33-18-17-32(52-33)27(38(40,41)42)22-31(47)35(44-36(48)51-4)34(24-11-7-5-8-12-24)25-13-9-6-10-14-25/h5-18,21,27,30,34-35,46H,19-20,22-23,43H2,1-4H3,(H,44,48)/t27-,30-,35-/m1/s1. The number of amides is 1. The maximum atomic E-state index is 15.0. The van der Waals surface area contributed by atoms with Gasteiger partial charge in [-0.2, -0.15) is 17.5 Å². The van der Waals surface area contributed by atoms with E-state index in [-0.39, 0.29) is 37.3 Å². The number of thiophene rings is 1. The first kappa shape index (κ1) is 41.8. The van der Waals surface area contributed by atoms with E-state index in [0.717, 1.165) is 11.4 Å². The van der Waals surface area contributed by atoms with Crippen LogP contribution in [0.1, 0.15) is 72.4 Å². The molecule has 4 rings (SSSR count). The first-order valence-corrected chi connectivity index (χ1v) is 19.3. The molecule has 0 aliphatic rings. The number of nitrogens with zero attached hydrogens (tertiary/aromatic N) is 1. The Kier molecular flexibility index (Phi) is 13.8. The highest BCUT2D eigenvalue weighted by molar-refractivity contribution is 7.89. The maximum absolute atomic E-state index is 15.0. The lowest BCUT2D eigenvalue weighted by Gasteiger charge is -2.32. The number of aliphatic hydroxyl groups is 1. The van der Waals surface area contributed by atoms with E-state index < -0.39 is 65.0 Å². The molecule has 0 fully saturated rings. The van der Waals surface area contributed by atoms with Crippen molar-refractivity contribution in [3.63, 3.8) is 0 Å². The summed E-state index contributed by atoms with van der Waals surface area (Å²) < 4.78 is 78.8. The molecule has 9 nitrogen and oxygen atoms in total. The van der Waals surface area contributed by atoms with Crippen molar-refractivity contribution in [2.45, 2.75) is 68.6 Å². The Morgan fingerprint density at radius 1 is 0.943 bits per heavy atom. The van der Waals surface area contributed by atoms with Gasteiger partial charge >= 0.3 is 12.3 Å². The van der Waals surface area contributed by atoms with Crippen LogP contribution in [0.3, 0.4) is 0 Å². The predicted molar refractivity (Wildman–Crippen MR) is 200 cm³/mol. The maximum Gasteiger partial charge on any atom is 0.407 e. The number of methoxy groups -OCH3 is 1. The van der Waals surface area contributed by atoms with Crippen LogP contribution in [0.25, 0.3) is 0 Å². The zero-order chi connectivity index (χ0) is 39.1. The molecule has 0 aliphatic carbocycles. The number of Topliss-reactive ketones (excluding diaryl/α,β-unsaturated/α-hetero) is 1. The molecule has 53 heavy (non-hydrogen) atoms. The van der Waals surface area contributed by atoms with Crippen LogP contribution in [0.5, 0.6) is 0 Å². The number of halogens is 4. The van der Waals surface area contributed by atoms with E-state index in [9.17, 15) is 36.3 Å². The van der Waals surface area contributed by atoms with Crippen molar-refractivity contribution in [2.75, 3.05) is 26.0 Å². The number of sulfonamides is 1. The number of alkyl halides is 3. The fraction of sp³-hybridized carbons (Fsp3) is 0.368. The van der Waals surface area contributed by atoms with E-state index in [2.05, 4.69) is 5.32 Å². The molecule has 3 aromatic carbocycles. The summed E-state index contributed by atoms with van der Waals surface area (Å²) in [7, 11) is -3.27. The van der Waals surface area contributed by atoms with Crippen molar-refractivity contribution in [2.24, 2.45) is 5.41 Å². The zero-order valence-corrected chi connectivity index (χ0v) is 32.0. The van der Waals surface area contributed by atoms with Crippen LogP contribution in [0.4, 0.5) is 23.7 Å². The number of carbonyl (C=O) groups is 2. The van der Waals surface area contributed by atoms with Crippen LogP contribution in [0, 0.1) is 5.41 Å². The molecule has 0 saturated carbocycles. The molecule has 15 heteroatoms. The lowest BCUT2D eigenvalue weighted by Crippen LogP contribution is -2.46. The summed E-state index contributed by atoms with van der Waals surface area (Å²) in [6.45, 7) is 4.89. The van der Waals surface area contributed by atoms with E-state index in [1.165, 1.54) is 30.3 Å². The van der Waals surface area contributed by atoms with Crippen molar-refractivity contribution >= 4 is 50.5 Å². The lowest BCUT2D eigenvalue weighted by atomic mass is 9.81. The lowest BCUT2D eigenvalue weighted by molar-refractivity contribution is -0.156. The third-order valence-corrected chi connectivity index (χ3v) is 12.3. The monoisotopic (exact) mass is 793 g/mol. The Morgan fingerprint density at radius 2 is 1.51 bits per heavy atom. The van der Waals surface area contributed by atoms with Gasteiger partial charge in [0.15, 0.2) is 5.78 Å². The molecule has 0 saturated heterocycles. The van der Waals surface area contributed by atoms with Gasteiger partial charge in [-0.1, -0.05) is 93.0 Å². The van der Waals surface area contributed by atoms with Crippen molar-refractivity contribution in [3.8, 4) is 0 Å². The van der Waals surface area contributed by atoms with Crippen LogP contribution < -0.4 is 11.1 Å². The fourth-order valence-electron chi connectivity index (χ4n) is 5.89. The highest BCUT2D eigenvalue weighted by atomic mass is 35.5. The number of rotatable bonds is 15. The van der Waals surface area contributed by atoms with E-state index >= 15 is 0 Å². The summed E-state index contributed by atoms with van der Waals surface area (Å²) in [6, 6.07) is 20.9. The average Bonchev–Trinajstić information content (AvgIpc) is 3.58. The third-order valence-electron chi connectivity index (χ3n) is 8.76. The first-order chi connectivity index (χ1) is 24.9. The van der Waals surface area contributed by atoms with E-state index in [1.54, 1.807) is 60.7 Å². The number of nitrogen functional groups attached to an aromatic ring is 1. The number of nitrogens with one attached hydrogen (secondary N) is 1. The Bertz CT molecular complexity index is 1920. The number of hydrogen-bond acceptors (Lipinski definition) is 8. The van der Waals surface area contributed by atoms with Gasteiger partial charge in [-0.25, -0.2) is 13.2 Å². The summed E-state index contributed by atoms with van der Waals surface area (Å²) in [4.78, 5) is 26.4.